The van der Waals surface area contributed by atoms with E-state index < -0.39 is 0 Å². The molecule has 0 unspecified atom stereocenters. The molecule has 0 amide bonds. The van der Waals surface area contributed by atoms with Crippen LogP contribution in [0.15, 0.2) is 467 Å². The summed E-state index contributed by atoms with van der Waals surface area (Å²) in [5.74, 6) is 0. The maximum absolute atomic E-state index is 6.37. The highest BCUT2D eigenvalue weighted by Gasteiger charge is 2.38. The second kappa shape index (κ2) is 31.0. The zero-order chi connectivity index (χ0) is 87.9. The van der Waals surface area contributed by atoms with Gasteiger partial charge >= 0.3 is 0 Å². The van der Waals surface area contributed by atoms with Gasteiger partial charge in [0.1, 0.15) is 44.7 Å². The van der Waals surface area contributed by atoms with Crippen molar-refractivity contribution in [1.29, 1.82) is 0 Å². The first-order valence-corrected chi connectivity index (χ1v) is 45.4. The Kier molecular flexibility index (Phi) is 18.2. The summed E-state index contributed by atoms with van der Waals surface area (Å²) in [5.41, 5.74) is 43.0. The van der Waals surface area contributed by atoms with Crippen molar-refractivity contribution in [3.63, 3.8) is 0 Å². The molecule has 132 heavy (non-hydrogen) atoms. The predicted molar refractivity (Wildman–Crippen MR) is 550 cm³/mol. The van der Waals surface area contributed by atoms with E-state index in [4.69, 9.17) is 17.7 Å². The van der Waals surface area contributed by atoms with Gasteiger partial charge in [0, 0.05) is 93.6 Å². The fourth-order valence-corrected chi connectivity index (χ4v) is 20.9. The molecule has 2 aliphatic carbocycles. The molecular weight excluding hydrogens is 1610 g/mol. The Morgan fingerprint density at radius 3 is 0.795 bits per heavy atom. The molecule has 2 aliphatic rings. The van der Waals surface area contributed by atoms with E-state index in [9.17, 15) is 0 Å². The highest BCUT2D eigenvalue weighted by molar-refractivity contribution is 6.11. The summed E-state index contributed by atoms with van der Waals surface area (Å²) < 4.78 is 24.9. The minimum Gasteiger partial charge on any atom is -0.456 e. The third-order valence-corrected chi connectivity index (χ3v) is 27.9. The van der Waals surface area contributed by atoms with Gasteiger partial charge in [-0.2, -0.15) is 0 Å². The van der Waals surface area contributed by atoms with E-state index in [0.29, 0.717) is 0 Å². The van der Waals surface area contributed by atoms with Crippen molar-refractivity contribution >= 4 is 122 Å². The van der Waals surface area contributed by atoms with Crippen LogP contribution in [0.1, 0.15) is 49.9 Å². The molecule has 4 aromatic heterocycles. The average molecular weight is 1690 g/mol. The highest BCUT2D eigenvalue weighted by Crippen LogP contribution is 2.54. The molecule has 20 aromatic carbocycles. The monoisotopic (exact) mass is 1690 g/mol. The van der Waals surface area contributed by atoms with E-state index in [1.54, 1.807) is 0 Å². The van der Waals surface area contributed by atoms with E-state index >= 15 is 0 Å². The Hall–Kier alpha value is -16.8. The molecule has 0 spiro atoms. The molecule has 24 aromatic rings. The third kappa shape index (κ3) is 13.2. The number of benzene rings is 20. The molecule has 6 nitrogen and oxygen atoms in total. The molecule has 26 rings (SSSR count). The van der Waals surface area contributed by atoms with Crippen LogP contribution in [-0.4, -0.2) is 0 Å². The van der Waals surface area contributed by atoms with Gasteiger partial charge in [0.2, 0.25) is 0 Å². The van der Waals surface area contributed by atoms with Crippen molar-refractivity contribution in [3.05, 3.63) is 471 Å². The Labute approximate surface area is 765 Å². The summed E-state index contributed by atoms with van der Waals surface area (Å²) in [4.78, 5) is 4.78. The van der Waals surface area contributed by atoms with Gasteiger partial charge in [0.15, 0.2) is 0 Å². The summed E-state index contributed by atoms with van der Waals surface area (Å²) in [5, 5.41) is 9.15. The predicted octanol–water partition coefficient (Wildman–Crippen LogP) is 35.9. The van der Waals surface area contributed by atoms with Crippen LogP contribution in [0.2, 0.25) is 0 Å². The fourth-order valence-electron chi connectivity index (χ4n) is 20.9. The molecule has 0 bridgehead atoms. The van der Waals surface area contributed by atoms with Crippen molar-refractivity contribution in [2.75, 3.05) is 9.80 Å². The molecule has 6 heteroatoms. The second-order valence-electron chi connectivity index (χ2n) is 36.2. The number of hydrogen-bond acceptors (Lipinski definition) is 6. The lowest BCUT2D eigenvalue weighted by Gasteiger charge is -2.28. The first-order chi connectivity index (χ1) is 64.9. The Morgan fingerprint density at radius 2 is 0.402 bits per heavy atom. The topological polar surface area (TPSA) is 59.0 Å². The maximum atomic E-state index is 6.37. The van der Waals surface area contributed by atoms with Crippen LogP contribution in [0.5, 0.6) is 0 Å². The SMILES string of the molecule is CC1(C)c2ccccc2-c2ccc(N(c3ccc(-c4ccc(-c5ccc6c(c5)oc5ccccc56)cc4)cc3)c3ccc(-c4ccc(-c5ccc6c(c5)oc5ccccc56)cc4)cc3)cc21.CC1(C)c2ccccc2-c2ccc(N(c3ccc(-c4ccc(-c5ccc6oc7ccccc7c6c5)cc4)cc3)c3ccc(-c4ccc(-c5cccc6c5oc5ccccc56)cc4)cc3)cc21. The molecule has 0 saturated carbocycles. The molecule has 4 heterocycles. The lowest BCUT2D eigenvalue weighted by Crippen LogP contribution is -2.16. The number of fused-ring (bicyclic) bond motifs is 18. The maximum Gasteiger partial charge on any atom is 0.143 e. The van der Waals surface area contributed by atoms with Crippen LogP contribution in [0.25, 0.3) is 199 Å². The smallest absolute Gasteiger partial charge is 0.143 e. The number of nitrogens with zero attached hydrogens (tertiary/aromatic N) is 2. The molecule has 0 N–H and O–H groups in total. The van der Waals surface area contributed by atoms with E-state index in [1.165, 1.54) is 89.0 Å². The van der Waals surface area contributed by atoms with Crippen LogP contribution in [0.3, 0.4) is 0 Å². The van der Waals surface area contributed by atoms with Gasteiger partial charge in [-0.3, -0.25) is 0 Å². The van der Waals surface area contributed by atoms with Gasteiger partial charge in [-0.25, -0.2) is 0 Å². The first-order valence-electron chi connectivity index (χ1n) is 45.4. The molecule has 0 saturated heterocycles. The summed E-state index contributed by atoms with van der Waals surface area (Å²) in [6.45, 7) is 9.39. The van der Waals surface area contributed by atoms with Crippen LogP contribution < -0.4 is 9.80 Å². The fraction of sp³-hybridized carbons (Fsp3) is 0.0476. The lowest BCUT2D eigenvalue weighted by atomic mass is 9.82. The van der Waals surface area contributed by atoms with Gasteiger partial charge in [0.05, 0.1) is 0 Å². The molecule has 0 radical (unpaired) electrons. The summed E-state index contributed by atoms with van der Waals surface area (Å²) in [7, 11) is 0. The zero-order valence-corrected chi connectivity index (χ0v) is 73.3. The minimum atomic E-state index is -0.117. The standard InChI is InChI=1S/2C63H43NO2/c1-63(2)57-15-6-3-10-51(57)52-36-35-49(39-58(52)63)64(47-31-26-42(27-32-47)40-18-20-44(21-19-40)46-30-37-61-56(38-46)54-12-5-7-16-59(54)65-61)48-33-28-43(29-34-48)41-22-24-45(25-23-41)50-13-9-14-55-53-11-4-8-17-60(53)66-62(50)55;1-63(2)57-12-6-3-9-51(57)52-36-33-50(39-58(52)63)64(48-29-23-42(24-30-48)40-15-19-44(20-16-40)46-27-34-55-53-10-4-7-13-59(53)65-61(55)37-46)49-31-25-43(26-32-49)41-17-21-45(22-18-41)47-28-35-56-54-11-5-8-14-60(54)66-62(56)38-47/h2*3-39H,1-2H3. The molecule has 0 aliphatic heterocycles. The van der Waals surface area contributed by atoms with Gasteiger partial charge in [-0.1, -0.05) is 343 Å². The van der Waals surface area contributed by atoms with Gasteiger partial charge < -0.3 is 27.5 Å². The number of hydrogen-bond donors (Lipinski definition) is 0. The number of para-hydroxylation sites is 5. The number of anilines is 6. The van der Waals surface area contributed by atoms with E-state index in [-0.39, 0.29) is 10.8 Å². The lowest BCUT2D eigenvalue weighted by molar-refractivity contribution is 0.660. The number of furan rings is 4. The highest BCUT2D eigenvalue weighted by atomic mass is 16.3. The Balaban J connectivity index is 0.000000142. The number of rotatable bonds is 14. The molecule has 0 fully saturated rings. The van der Waals surface area contributed by atoms with Crippen molar-refractivity contribution in [1.82, 2.24) is 0 Å². The van der Waals surface area contributed by atoms with Crippen LogP contribution in [0, 0.1) is 0 Å². The minimum absolute atomic E-state index is 0.116. The third-order valence-electron chi connectivity index (χ3n) is 27.9. The van der Waals surface area contributed by atoms with E-state index in [1.807, 2.05) is 48.5 Å². The Morgan fingerprint density at radius 1 is 0.152 bits per heavy atom. The molecular formula is C126H86N2O4. The Bertz CT molecular complexity index is 8440. The van der Waals surface area contributed by atoms with Crippen molar-refractivity contribution < 1.29 is 17.7 Å². The second-order valence-corrected chi connectivity index (χ2v) is 36.2. The van der Waals surface area contributed by atoms with Crippen LogP contribution in [0.4, 0.5) is 34.1 Å². The van der Waals surface area contributed by atoms with Gasteiger partial charge in [-0.05, 0) is 261 Å². The quantitative estimate of drug-likeness (QED) is 0.108. The average Bonchev–Trinajstić information content (AvgIpc) is 1.58. The van der Waals surface area contributed by atoms with Gasteiger partial charge in [-0.15, -0.1) is 0 Å². The zero-order valence-electron chi connectivity index (χ0n) is 73.3. The molecule has 624 valence electrons. The van der Waals surface area contributed by atoms with Crippen LogP contribution in [-0.2, 0) is 10.8 Å². The van der Waals surface area contributed by atoms with E-state index in [0.717, 1.165) is 166 Å². The van der Waals surface area contributed by atoms with Crippen molar-refractivity contribution in [3.8, 4) is 111 Å². The van der Waals surface area contributed by atoms with Crippen LogP contribution >= 0.6 is 0 Å². The van der Waals surface area contributed by atoms with Crippen molar-refractivity contribution in [2.45, 2.75) is 38.5 Å². The summed E-state index contributed by atoms with van der Waals surface area (Å²) in [6.07, 6.45) is 0. The van der Waals surface area contributed by atoms with E-state index in [2.05, 4.69) is 438 Å². The summed E-state index contributed by atoms with van der Waals surface area (Å²) in [6, 6.07) is 162. The van der Waals surface area contributed by atoms with Gasteiger partial charge in [0.25, 0.3) is 0 Å². The normalized spacial score (nSPS) is 12.8. The first kappa shape index (κ1) is 77.5. The summed E-state index contributed by atoms with van der Waals surface area (Å²) >= 11 is 0. The largest absolute Gasteiger partial charge is 0.456 e. The molecule has 0 atom stereocenters. The van der Waals surface area contributed by atoms with Crippen molar-refractivity contribution in [2.24, 2.45) is 0 Å².